The van der Waals surface area contributed by atoms with Gasteiger partial charge >= 0.3 is 6.18 Å². The summed E-state index contributed by atoms with van der Waals surface area (Å²) in [5.74, 6) is -1.90. The summed E-state index contributed by atoms with van der Waals surface area (Å²) in [7, 11) is 0. The molecule has 1 amide bonds. The number of amides is 1. The van der Waals surface area contributed by atoms with Crippen LogP contribution in [-0.2, 0) is 6.18 Å². The second kappa shape index (κ2) is 8.00. The molecule has 0 saturated carbocycles. The normalized spacial score (nSPS) is 17.0. The molecule has 1 unspecified atom stereocenters. The van der Waals surface area contributed by atoms with Gasteiger partial charge in [0.25, 0.3) is 5.91 Å². The van der Waals surface area contributed by atoms with Crippen LogP contribution in [0.4, 0.5) is 17.6 Å². The van der Waals surface area contributed by atoms with Crippen molar-refractivity contribution in [1.82, 2.24) is 25.6 Å². The standard InChI is InChI=1S/C15H15F4N5O.ClH/c16-10-5-1-2-6-11(10)24-13(15(17,18)19)12(22-23-24)14(25)21-8-9-4-3-7-20-9;/h1-2,5-6,9,20H,3-4,7-8H2,(H,21,25);1H. The first-order chi connectivity index (χ1) is 11.9. The quantitative estimate of drug-likeness (QED) is 0.782. The third-order valence-electron chi connectivity index (χ3n) is 3.91. The van der Waals surface area contributed by atoms with E-state index in [0.29, 0.717) is 4.68 Å². The van der Waals surface area contributed by atoms with E-state index in [4.69, 9.17) is 0 Å². The third kappa shape index (κ3) is 4.13. The van der Waals surface area contributed by atoms with Gasteiger partial charge in [0.1, 0.15) is 11.5 Å². The molecule has 1 aromatic carbocycles. The molecule has 2 N–H and O–H groups in total. The largest absolute Gasteiger partial charge is 0.435 e. The first-order valence-electron chi connectivity index (χ1n) is 7.67. The number of carbonyl (C=O) groups excluding carboxylic acids is 1. The zero-order chi connectivity index (χ0) is 18.0. The lowest BCUT2D eigenvalue weighted by molar-refractivity contribution is -0.143. The van der Waals surface area contributed by atoms with Gasteiger partial charge in [0.2, 0.25) is 0 Å². The van der Waals surface area contributed by atoms with Gasteiger partial charge in [-0.3, -0.25) is 4.79 Å². The molecule has 11 heteroatoms. The molecule has 1 atom stereocenters. The minimum atomic E-state index is -4.93. The summed E-state index contributed by atoms with van der Waals surface area (Å²) < 4.78 is 54.5. The number of aromatic nitrogens is 3. The van der Waals surface area contributed by atoms with Crippen LogP contribution in [0.1, 0.15) is 29.0 Å². The monoisotopic (exact) mass is 393 g/mol. The van der Waals surface area contributed by atoms with Crippen molar-refractivity contribution in [3.63, 3.8) is 0 Å². The van der Waals surface area contributed by atoms with Crippen molar-refractivity contribution in [3.05, 3.63) is 41.5 Å². The molecule has 1 saturated heterocycles. The van der Waals surface area contributed by atoms with Crippen LogP contribution in [0.15, 0.2) is 24.3 Å². The Bertz CT molecular complexity index is 774. The molecule has 0 radical (unpaired) electrons. The molecule has 2 heterocycles. The van der Waals surface area contributed by atoms with Gasteiger partial charge in [0, 0.05) is 12.6 Å². The highest BCUT2D eigenvalue weighted by molar-refractivity contribution is 5.93. The van der Waals surface area contributed by atoms with E-state index in [-0.39, 0.29) is 25.0 Å². The molecule has 0 spiro atoms. The van der Waals surface area contributed by atoms with E-state index < -0.39 is 35.0 Å². The highest BCUT2D eigenvalue weighted by Gasteiger charge is 2.42. The maximum Gasteiger partial charge on any atom is 0.435 e. The Morgan fingerprint density at radius 3 is 2.69 bits per heavy atom. The summed E-state index contributed by atoms with van der Waals surface area (Å²) in [6.45, 7) is 0.987. The van der Waals surface area contributed by atoms with Crippen molar-refractivity contribution in [3.8, 4) is 5.69 Å². The number of halogens is 5. The van der Waals surface area contributed by atoms with Gasteiger partial charge in [-0.15, -0.1) is 17.5 Å². The average molecular weight is 394 g/mol. The average Bonchev–Trinajstić information content (AvgIpc) is 3.22. The Balaban J connectivity index is 0.00000243. The van der Waals surface area contributed by atoms with E-state index in [1.54, 1.807) is 0 Å². The SMILES string of the molecule is Cl.O=C(NCC1CCCN1)c1nnn(-c2ccccc2F)c1C(F)(F)F. The van der Waals surface area contributed by atoms with Gasteiger partial charge in [-0.1, -0.05) is 17.3 Å². The summed E-state index contributed by atoms with van der Waals surface area (Å²) in [4.78, 5) is 12.1. The molecule has 3 rings (SSSR count). The minimum absolute atomic E-state index is 0. The number of para-hydroxylation sites is 1. The molecule has 6 nitrogen and oxygen atoms in total. The van der Waals surface area contributed by atoms with Crippen molar-refractivity contribution in [2.45, 2.75) is 25.1 Å². The summed E-state index contributed by atoms with van der Waals surface area (Å²) >= 11 is 0. The fourth-order valence-corrected chi connectivity index (χ4v) is 2.71. The Morgan fingerprint density at radius 2 is 2.08 bits per heavy atom. The van der Waals surface area contributed by atoms with Gasteiger partial charge in [-0.2, -0.15) is 13.2 Å². The predicted molar refractivity (Wildman–Crippen MR) is 86.9 cm³/mol. The van der Waals surface area contributed by atoms with E-state index in [1.807, 2.05) is 0 Å². The molecule has 142 valence electrons. The van der Waals surface area contributed by atoms with Crippen LogP contribution in [0, 0.1) is 5.82 Å². The first-order valence-corrected chi connectivity index (χ1v) is 7.67. The van der Waals surface area contributed by atoms with Gasteiger partial charge in [0.05, 0.1) is 0 Å². The molecule has 1 fully saturated rings. The predicted octanol–water partition coefficient (Wildman–Crippen LogP) is 2.33. The molecule has 1 aliphatic heterocycles. The fourth-order valence-electron chi connectivity index (χ4n) is 2.71. The maximum atomic E-state index is 13.8. The third-order valence-corrected chi connectivity index (χ3v) is 3.91. The highest BCUT2D eigenvalue weighted by atomic mass is 35.5. The second-order valence-corrected chi connectivity index (χ2v) is 5.65. The van der Waals surface area contributed by atoms with Crippen LogP contribution in [-0.4, -0.2) is 40.0 Å². The lowest BCUT2D eigenvalue weighted by atomic mass is 10.2. The summed E-state index contributed by atoms with van der Waals surface area (Å²) in [5, 5.41) is 12.2. The zero-order valence-corrected chi connectivity index (χ0v) is 14.2. The van der Waals surface area contributed by atoms with E-state index in [1.165, 1.54) is 12.1 Å². The van der Waals surface area contributed by atoms with Crippen molar-refractivity contribution >= 4 is 18.3 Å². The van der Waals surface area contributed by atoms with Crippen LogP contribution in [0.5, 0.6) is 0 Å². The van der Waals surface area contributed by atoms with Crippen molar-refractivity contribution in [2.75, 3.05) is 13.1 Å². The van der Waals surface area contributed by atoms with Gasteiger partial charge < -0.3 is 10.6 Å². The summed E-state index contributed by atoms with van der Waals surface area (Å²) in [5.41, 5.74) is -2.72. The summed E-state index contributed by atoms with van der Waals surface area (Å²) in [6.07, 6.45) is -3.16. The highest BCUT2D eigenvalue weighted by Crippen LogP contribution is 2.33. The first kappa shape index (κ1) is 20.1. The van der Waals surface area contributed by atoms with Gasteiger partial charge in [-0.05, 0) is 31.5 Å². The summed E-state index contributed by atoms with van der Waals surface area (Å²) in [6, 6.07) is 4.85. The second-order valence-electron chi connectivity index (χ2n) is 5.65. The Morgan fingerprint density at radius 1 is 1.35 bits per heavy atom. The molecular weight excluding hydrogens is 378 g/mol. The number of nitrogens with one attached hydrogen (secondary N) is 2. The number of alkyl halides is 3. The van der Waals surface area contributed by atoms with E-state index in [2.05, 4.69) is 20.9 Å². The molecule has 0 aliphatic carbocycles. The lowest BCUT2D eigenvalue weighted by Crippen LogP contribution is -2.38. The number of hydrogen-bond donors (Lipinski definition) is 2. The zero-order valence-electron chi connectivity index (χ0n) is 13.4. The van der Waals surface area contributed by atoms with Crippen LogP contribution in [0.25, 0.3) is 5.69 Å². The molecular formula is C15H16ClF4N5O. The van der Waals surface area contributed by atoms with Crippen LogP contribution in [0.2, 0.25) is 0 Å². The number of hydrogen-bond acceptors (Lipinski definition) is 4. The van der Waals surface area contributed by atoms with E-state index in [0.717, 1.165) is 31.5 Å². The number of nitrogens with zero attached hydrogens (tertiary/aromatic N) is 3. The van der Waals surface area contributed by atoms with Crippen molar-refractivity contribution in [1.29, 1.82) is 0 Å². The van der Waals surface area contributed by atoms with Crippen LogP contribution < -0.4 is 10.6 Å². The minimum Gasteiger partial charge on any atom is -0.349 e. The Labute approximate surface area is 152 Å². The van der Waals surface area contributed by atoms with Gasteiger partial charge in [-0.25, -0.2) is 9.07 Å². The molecule has 1 aliphatic rings. The van der Waals surface area contributed by atoms with Gasteiger partial charge in [0.15, 0.2) is 11.4 Å². The van der Waals surface area contributed by atoms with Crippen LogP contribution in [0.3, 0.4) is 0 Å². The smallest absolute Gasteiger partial charge is 0.349 e. The van der Waals surface area contributed by atoms with Crippen molar-refractivity contribution in [2.24, 2.45) is 0 Å². The topological polar surface area (TPSA) is 71.8 Å². The number of benzene rings is 1. The maximum absolute atomic E-state index is 13.8. The molecule has 2 aromatic rings. The van der Waals surface area contributed by atoms with E-state index >= 15 is 0 Å². The Kier molecular flexibility index (Phi) is 6.19. The molecule has 0 bridgehead atoms. The number of rotatable bonds is 4. The fraction of sp³-hybridized carbons (Fsp3) is 0.400. The van der Waals surface area contributed by atoms with Crippen molar-refractivity contribution < 1.29 is 22.4 Å². The molecule has 1 aromatic heterocycles. The van der Waals surface area contributed by atoms with Crippen LogP contribution >= 0.6 is 12.4 Å². The molecule has 26 heavy (non-hydrogen) atoms. The van der Waals surface area contributed by atoms with E-state index in [9.17, 15) is 22.4 Å². The lowest BCUT2D eigenvalue weighted by Gasteiger charge is -2.13. The number of carbonyl (C=O) groups is 1. The Hall–Kier alpha value is -2.20.